The number of nitrogens with one attached hydrogen (secondary N) is 4. The zero-order valence-electron chi connectivity index (χ0n) is 20.5. The molecule has 3 rings (SSSR count). The van der Waals surface area contributed by atoms with Crippen LogP contribution in [0.25, 0.3) is 0 Å². The van der Waals surface area contributed by atoms with Crippen LogP contribution in [0, 0.1) is 11.7 Å². The second-order valence-corrected chi connectivity index (χ2v) is 9.65. The third kappa shape index (κ3) is 8.78. The van der Waals surface area contributed by atoms with Gasteiger partial charge in [-0.1, -0.05) is 12.1 Å². The molecule has 0 radical (unpaired) electrons. The lowest BCUT2D eigenvalue weighted by Crippen LogP contribution is -2.56. The van der Waals surface area contributed by atoms with Crippen molar-refractivity contribution in [2.45, 2.75) is 63.0 Å². The van der Waals surface area contributed by atoms with Gasteiger partial charge in [0.15, 0.2) is 5.78 Å². The highest BCUT2D eigenvalue weighted by Crippen LogP contribution is 2.34. The summed E-state index contributed by atoms with van der Waals surface area (Å²) in [5, 5.41) is 9.60. The van der Waals surface area contributed by atoms with E-state index in [0.717, 1.165) is 12.1 Å². The Morgan fingerprint density at radius 1 is 1.13 bits per heavy atom. The third-order valence-electron chi connectivity index (χ3n) is 6.34. The van der Waals surface area contributed by atoms with Crippen molar-refractivity contribution in [2.24, 2.45) is 5.92 Å². The van der Waals surface area contributed by atoms with Crippen LogP contribution in [0.2, 0.25) is 0 Å². The average molecular weight is 545 g/mol. The van der Waals surface area contributed by atoms with E-state index in [1.165, 1.54) is 12.1 Å². The second-order valence-electron chi connectivity index (χ2n) is 9.65. The molecule has 2 aliphatic rings. The Morgan fingerprint density at radius 2 is 1.84 bits per heavy atom. The summed E-state index contributed by atoms with van der Waals surface area (Å²) in [5.41, 5.74) is -0.273. The lowest BCUT2D eigenvalue weighted by molar-refractivity contribution is -0.321. The fourth-order valence-corrected chi connectivity index (χ4v) is 3.93. The standard InChI is InChI=1S/C24H28F4N4O6/c1-23(6-7-23)32-22(37)21(36)31-17(10-13-3-2-4-15(25)9-13)20(35)30-16(11-14-5-8-29-19(14)34)18(33)12-38-24(26,27)28/h2-4,9,14,16-17H,5-8,10-12H2,1H3,(H,29,34)(H,30,35)(H,31,36)(H,32,37)/t14-,16-,17-/m0/s1. The predicted octanol–water partition coefficient (Wildman–Crippen LogP) is 0.638. The maximum absolute atomic E-state index is 13.7. The molecule has 0 unspecified atom stereocenters. The normalized spacial score (nSPS) is 19.6. The van der Waals surface area contributed by atoms with Gasteiger partial charge in [0.05, 0.1) is 6.04 Å². The summed E-state index contributed by atoms with van der Waals surface area (Å²) in [6.07, 6.45) is -4.09. The summed E-state index contributed by atoms with van der Waals surface area (Å²) in [6.45, 7) is 0.613. The van der Waals surface area contributed by atoms with Crippen LogP contribution in [0.3, 0.4) is 0 Å². The lowest BCUT2D eigenvalue weighted by atomic mass is 9.95. The van der Waals surface area contributed by atoms with Crippen molar-refractivity contribution in [3.8, 4) is 0 Å². The molecule has 14 heteroatoms. The minimum atomic E-state index is -5.10. The van der Waals surface area contributed by atoms with Crippen LogP contribution in [0.15, 0.2) is 24.3 Å². The number of benzene rings is 1. The van der Waals surface area contributed by atoms with E-state index in [4.69, 9.17) is 0 Å². The van der Waals surface area contributed by atoms with Gasteiger partial charge < -0.3 is 21.3 Å². The molecule has 1 aromatic rings. The number of halogens is 4. The minimum Gasteiger partial charge on any atom is -0.356 e. The van der Waals surface area contributed by atoms with Gasteiger partial charge in [0.2, 0.25) is 11.8 Å². The zero-order chi connectivity index (χ0) is 28.1. The highest BCUT2D eigenvalue weighted by Gasteiger charge is 2.41. The molecule has 4 N–H and O–H groups in total. The quantitative estimate of drug-likeness (QED) is 0.238. The largest absolute Gasteiger partial charge is 0.522 e. The summed E-state index contributed by atoms with van der Waals surface area (Å²) in [5.74, 6) is -6.14. The van der Waals surface area contributed by atoms with Gasteiger partial charge in [-0.2, -0.15) is 0 Å². The molecule has 1 saturated carbocycles. The fourth-order valence-electron chi connectivity index (χ4n) is 3.93. The molecular weight excluding hydrogens is 516 g/mol. The van der Waals surface area contributed by atoms with Gasteiger partial charge in [-0.05, 0) is 50.3 Å². The zero-order valence-corrected chi connectivity index (χ0v) is 20.5. The number of hydrogen-bond acceptors (Lipinski definition) is 6. The van der Waals surface area contributed by atoms with Gasteiger partial charge in [0.1, 0.15) is 18.5 Å². The Labute approximate surface area is 215 Å². The van der Waals surface area contributed by atoms with E-state index in [0.29, 0.717) is 25.8 Å². The summed E-state index contributed by atoms with van der Waals surface area (Å²) in [6, 6.07) is 2.01. The Balaban J connectivity index is 1.77. The molecule has 0 aromatic heterocycles. The van der Waals surface area contributed by atoms with Crippen molar-refractivity contribution in [2.75, 3.05) is 13.2 Å². The van der Waals surface area contributed by atoms with Gasteiger partial charge >= 0.3 is 18.2 Å². The summed E-state index contributed by atoms with van der Waals surface area (Å²) in [7, 11) is 0. The van der Waals surface area contributed by atoms with Crippen LogP contribution in [0.4, 0.5) is 17.6 Å². The predicted molar refractivity (Wildman–Crippen MR) is 122 cm³/mol. The molecule has 208 valence electrons. The van der Waals surface area contributed by atoms with Gasteiger partial charge in [-0.3, -0.25) is 28.7 Å². The van der Waals surface area contributed by atoms with Crippen LogP contribution in [0.1, 0.15) is 38.2 Å². The first-order valence-corrected chi connectivity index (χ1v) is 11.9. The molecule has 1 aromatic carbocycles. The van der Waals surface area contributed by atoms with Crippen LogP contribution in [0.5, 0.6) is 0 Å². The van der Waals surface area contributed by atoms with Crippen LogP contribution in [-0.2, 0) is 35.1 Å². The number of alkyl halides is 3. The van der Waals surface area contributed by atoms with Crippen LogP contribution in [-0.4, -0.2) is 66.5 Å². The number of hydrogen-bond donors (Lipinski definition) is 4. The van der Waals surface area contributed by atoms with Gasteiger partial charge in [-0.15, -0.1) is 13.2 Å². The van der Waals surface area contributed by atoms with Gasteiger partial charge in [0, 0.05) is 24.4 Å². The molecule has 1 aliphatic carbocycles. The second kappa shape index (κ2) is 11.9. The maximum atomic E-state index is 13.7. The molecule has 4 amide bonds. The first kappa shape index (κ1) is 29.0. The first-order chi connectivity index (χ1) is 17.7. The Kier molecular flexibility index (Phi) is 9.07. The SMILES string of the molecule is CC1(NC(=O)C(=O)N[C@@H](Cc2cccc(F)c2)C(=O)N[C@@H](C[C@@H]2CCNC2=O)C(=O)COC(F)(F)F)CC1. The summed E-state index contributed by atoms with van der Waals surface area (Å²) in [4.78, 5) is 62.6. The van der Waals surface area contributed by atoms with Crippen molar-refractivity contribution < 1.29 is 46.3 Å². The van der Waals surface area contributed by atoms with Gasteiger partial charge in [0.25, 0.3) is 0 Å². The molecule has 0 bridgehead atoms. The molecule has 10 nitrogen and oxygen atoms in total. The van der Waals surface area contributed by atoms with E-state index in [-0.39, 0.29) is 18.4 Å². The van der Waals surface area contributed by atoms with Crippen molar-refractivity contribution >= 4 is 29.4 Å². The fraction of sp³-hybridized carbons (Fsp3) is 0.542. The topological polar surface area (TPSA) is 143 Å². The molecule has 1 heterocycles. The number of Topliss-reactive ketones (excluding diaryl/α,β-unsaturated/α-hetero) is 1. The Morgan fingerprint density at radius 3 is 2.42 bits per heavy atom. The van der Waals surface area contributed by atoms with Gasteiger partial charge in [-0.25, -0.2) is 4.39 Å². The van der Waals surface area contributed by atoms with Crippen molar-refractivity contribution in [3.05, 3.63) is 35.6 Å². The molecule has 1 aliphatic heterocycles. The smallest absolute Gasteiger partial charge is 0.356 e. The van der Waals surface area contributed by atoms with E-state index < -0.39 is 71.7 Å². The minimum absolute atomic E-state index is 0.262. The number of carbonyl (C=O) groups excluding carboxylic acids is 5. The maximum Gasteiger partial charge on any atom is 0.522 e. The van der Waals surface area contributed by atoms with Crippen molar-refractivity contribution in [1.29, 1.82) is 0 Å². The Hall–Kier alpha value is -3.55. The first-order valence-electron chi connectivity index (χ1n) is 11.9. The molecule has 38 heavy (non-hydrogen) atoms. The third-order valence-corrected chi connectivity index (χ3v) is 6.34. The molecular formula is C24H28F4N4O6. The van der Waals surface area contributed by atoms with E-state index in [9.17, 15) is 41.5 Å². The average Bonchev–Trinajstić information content (AvgIpc) is 3.42. The number of rotatable bonds is 11. The lowest BCUT2D eigenvalue weighted by Gasteiger charge is -2.24. The van der Waals surface area contributed by atoms with E-state index in [2.05, 4.69) is 26.0 Å². The van der Waals surface area contributed by atoms with E-state index in [1.54, 1.807) is 6.92 Å². The van der Waals surface area contributed by atoms with Crippen molar-refractivity contribution in [1.82, 2.24) is 21.3 Å². The molecule has 1 saturated heterocycles. The number of carbonyl (C=O) groups is 5. The molecule has 0 spiro atoms. The highest BCUT2D eigenvalue weighted by atomic mass is 19.4. The van der Waals surface area contributed by atoms with Crippen molar-refractivity contribution in [3.63, 3.8) is 0 Å². The number of ketones is 1. The van der Waals surface area contributed by atoms with E-state index in [1.807, 2.05) is 0 Å². The molecule has 2 fully saturated rings. The van der Waals surface area contributed by atoms with E-state index >= 15 is 0 Å². The summed E-state index contributed by atoms with van der Waals surface area (Å²) >= 11 is 0. The monoisotopic (exact) mass is 544 g/mol. The number of amides is 4. The highest BCUT2D eigenvalue weighted by molar-refractivity contribution is 6.35. The summed E-state index contributed by atoms with van der Waals surface area (Å²) < 4.78 is 54.9. The number of ether oxygens (including phenoxy) is 1. The molecule has 3 atom stereocenters. The van der Waals surface area contributed by atoms with Crippen LogP contribution < -0.4 is 21.3 Å². The van der Waals surface area contributed by atoms with Crippen LogP contribution >= 0.6 is 0 Å². The Bertz CT molecular complexity index is 1090.